The molecule has 2 rings (SSSR count). The first-order chi connectivity index (χ1) is 9.81. The van der Waals surface area contributed by atoms with Gasteiger partial charge < -0.3 is 11.1 Å². The molecule has 0 aliphatic heterocycles. The summed E-state index contributed by atoms with van der Waals surface area (Å²) < 4.78 is 0. The van der Waals surface area contributed by atoms with Gasteiger partial charge in [0.25, 0.3) is 0 Å². The summed E-state index contributed by atoms with van der Waals surface area (Å²) in [4.78, 5) is 12.3. The van der Waals surface area contributed by atoms with Gasteiger partial charge in [0, 0.05) is 19.0 Å². The predicted molar refractivity (Wildman–Crippen MR) is 82.0 cm³/mol. The standard InChI is InChI=1S/C17H26N2O/c18-12-15-10-6-7-11-16(15)13-19-17(20)14-8-4-2-1-3-5-9-14/h6-7,10-11,14H,1-5,8-9,12-13,18H2,(H,19,20). The zero-order chi connectivity index (χ0) is 14.2. The highest BCUT2D eigenvalue weighted by molar-refractivity contribution is 5.78. The van der Waals surface area contributed by atoms with Crippen molar-refractivity contribution in [2.75, 3.05) is 0 Å². The van der Waals surface area contributed by atoms with Crippen molar-refractivity contribution < 1.29 is 4.79 Å². The van der Waals surface area contributed by atoms with Gasteiger partial charge in [0.05, 0.1) is 0 Å². The molecule has 1 amide bonds. The minimum absolute atomic E-state index is 0.209. The van der Waals surface area contributed by atoms with Gasteiger partial charge in [-0.1, -0.05) is 56.4 Å². The number of benzene rings is 1. The predicted octanol–water partition coefficient (Wildman–Crippen LogP) is 3.12. The molecule has 1 aliphatic carbocycles. The SMILES string of the molecule is NCc1ccccc1CNC(=O)C1CCCCCCC1. The van der Waals surface area contributed by atoms with E-state index in [1.54, 1.807) is 0 Å². The summed E-state index contributed by atoms with van der Waals surface area (Å²) in [5.41, 5.74) is 7.97. The van der Waals surface area contributed by atoms with Crippen LogP contribution in [-0.4, -0.2) is 5.91 Å². The number of carbonyl (C=O) groups is 1. The Labute approximate surface area is 121 Å². The average molecular weight is 274 g/mol. The summed E-state index contributed by atoms with van der Waals surface area (Å²) >= 11 is 0. The number of amides is 1. The fraction of sp³-hybridized carbons (Fsp3) is 0.588. The monoisotopic (exact) mass is 274 g/mol. The van der Waals surface area contributed by atoms with E-state index in [1.165, 1.54) is 32.1 Å². The molecule has 1 fully saturated rings. The third-order valence-electron chi connectivity index (χ3n) is 4.27. The topological polar surface area (TPSA) is 55.1 Å². The van der Waals surface area contributed by atoms with Crippen molar-refractivity contribution >= 4 is 5.91 Å². The van der Waals surface area contributed by atoms with Gasteiger partial charge in [-0.2, -0.15) is 0 Å². The Balaban J connectivity index is 1.87. The number of nitrogens with two attached hydrogens (primary N) is 1. The van der Waals surface area contributed by atoms with Crippen molar-refractivity contribution in [2.24, 2.45) is 11.7 Å². The quantitative estimate of drug-likeness (QED) is 0.886. The molecule has 0 atom stereocenters. The Hall–Kier alpha value is -1.35. The molecule has 20 heavy (non-hydrogen) atoms. The second-order valence-electron chi connectivity index (χ2n) is 5.73. The van der Waals surface area contributed by atoms with Gasteiger partial charge in [-0.15, -0.1) is 0 Å². The van der Waals surface area contributed by atoms with Crippen LogP contribution in [0.15, 0.2) is 24.3 Å². The fourth-order valence-electron chi connectivity index (χ4n) is 2.97. The Morgan fingerprint density at radius 3 is 2.30 bits per heavy atom. The number of carbonyl (C=O) groups excluding carboxylic acids is 1. The van der Waals surface area contributed by atoms with Crippen LogP contribution < -0.4 is 11.1 Å². The lowest BCUT2D eigenvalue weighted by molar-refractivity contribution is -0.125. The Morgan fingerprint density at radius 2 is 1.65 bits per heavy atom. The third-order valence-corrected chi connectivity index (χ3v) is 4.27. The van der Waals surface area contributed by atoms with E-state index in [4.69, 9.17) is 5.73 Å². The van der Waals surface area contributed by atoms with Gasteiger partial charge in [-0.3, -0.25) is 4.79 Å². The average Bonchev–Trinajstić information content (AvgIpc) is 2.44. The molecule has 0 aromatic heterocycles. The molecule has 0 bridgehead atoms. The number of hydrogen-bond acceptors (Lipinski definition) is 2. The lowest BCUT2D eigenvalue weighted by Gasteiger charge is -2.19. The fourth-order valence-corrected chi connectivity index (χ4v) is 2.97. The molecule has 1 aliphatic rings. The van der Waals surface area contributed by atoms with Gasteiger partial charge >= 0.3 is 0 Å². The molecule has 0 heterocycles. The largest absolute Gasteiger partial charge is 0.352 e. The molecule has 1 aromatic carbocycles. The highest BCUT2D eigenvalue weighted by Crippen LogP contribution is 2.22. The zero-order valence-corrected chi connectivity index (χ0v) is 12.2. The van der Waals surface area contributed by atoms with Crippen molar-refractivity contribution in [1.29, 1.82) is 0 Å². The van der Waals surface area contributed by atoms with E-state index in [2.05, 4.69) is 5.32 Å². The summed E-state index contributed by atoms with van der Waals surface area (Å²) in [6, 6.07) is 8.05. The van der Waals surface area contributed by atoms with E-state index in [0.29, 0.717) is 13.1 Å². The van der Waals surface area contributed by atoms with Crippen LogP contribution in [0.25, 0.3) is 0 Å². The Morgan fingerprint density at radius 1 is 1.05 bits per heavy atom. The first kappa shape index (κ1) is 15.0. The van der Waals surface area contributed by atoms with Gasteiger partial charge in [-0.05, 0) is 24.0 Å². The number of rotatable bonds is 4. The maximum atomic E-state index is 12.3. The lowest BCUT2D eigenvalue weighted by atomic mass is 9.90. The second-order valence-corrected chi connectivity index (χ2v) is 5.73. The zero-order valence-electron chi connectivity index (χ0n) is 12.2. The highest BCUT2D eigenvalue weighted by atomic mass is 16.1. The first-order valence-electron chi connectivity index (χ1n) is 7.86. The molecule has 3 heteroatoms. The third kappa shape index (κ3) is 4.34. The normalized spacial score (nSPS) is 17.2. The van der Waals surface area contributed by atoms with E-state index in [1.807, 2.05) is 24.3 Å². The lowest BCUT2D eigenvalue weighted by Crippen LogP contribution is -2.31. The van der Waals surface area contributed by atoms with Gasteiger partial charge in [-0.25, -0.2) is 0 Å². The van der Waals surface area contributed by atoms with E-state index in [9.17, 15) is 4.79 Å². The van der Waals surface area contributed by atoms with Crippen LogP contribution in [0, 0.1) is 5.92 Å². The molecular formula is C17H26N2O. The summed E-state index contributed by atoms with van der Waals surface area (Å²) in [6.45, 7) is 1.12. The van der Waals surface area contributed by atoms with Crippen molar-refractivity contribution in [3.8, 4) is 0 Å². The molecule has 110 valence electrons. The van der Waals surface area contributed by atoms with Crippen molar-refractivity contribution in [3.63, 3.8) is 0 Å². The second kappa shape index (κ2) is 8.05. The molecule has 0 unspecified atom stereocenters. The highest BCUT2D eigenvalue weighted by Gasteiger charge is 2.19. The Bertz CT molecular complexity index is 423. The van der Waals surface area contributed by atoms with Crippen LogP contribution >= 0.6 is 0 Å². The van der Waals surface area contributed by atoms with Crippen LogP contribution in [0.4, 0.5) is 0 Å². The van der Waals surface area contributed by atoms with E-state index in [0.717, 1.165) is 24.0 Å². The van der Waals surface area contributed by atoms with Crippen LogP contribution in [0.2, 0.25) is 0 Å². The minimum Gasteiger partial charge on any atom is -0.352 e. The van der Waals surface area contributed by atoms with Gasteiger partial charge in [0.15, 0.2) is 0 Å². The minimum atomic E-state index is 0.209. The van der Waals surface area contributed by atoms with Gasteiger partial charge in [0.1, 0.15) is 0 Å². The maximum absolute atomic E-state index is 12.3. The van der Waals surface area contributed by atoms with Crippen LogP contribution in [-0.2, 0) is 17.9 Å². The molecule has 0 spiro atoms. The molecule has 1 aromatic rings. The summed E-state index contributed by atoms with van der Waals surface area (Å²) in [7, 11) is 0. The van der Waals surface area contributed by atoms with Gasteiger partial charge in [0.2, 0.25) is 5.91 Å². The molecule has 3 nitrogen and oxygen atoms in total. The van der Waals surface area contributed by atoms with E-state index >= 15 is 0 Å². The van der Waals surface area contributed by atoms with Crippen LogP contribution in [0.1, 0.15) is 56.1 Å². The maximum Gasteiger partial charge on any atom is 0.223 e. The van der Waals surface area contributed by atoms with Crippen molar-refractivity contribution in [2.45, 2.75) is 58.0 Å². The first-order valence-corrected chi connectivity index (χ1v) is 7.86. The summed E-state index contributed by atoms with van der Waals surface area (Å²) in [5, 5.41) is 3.10. The molecule has 0 radical (unpaired) electrons. The van der Waals surface area contributed by atoms with E-state index in [-0.39, 0.29) is 11.8 Å². The van der Waals surface area contributed by atoms with Crippen LogP contribution in [0.3, 0.4) is 0 Å². The molecule has 1 saturated carbocycles. The molecular weight excluding hydrogens is 248 g/mol. The number of nitrogens with one attached hydrogen (secondary N) is 1. The summed E-state index contributed by atoms with van der Waals surface area (Å²) in [6.07, 6.45) is 8.36. The van der Waals surface area contributed by atoms with E-state index < -0.39 is 0 Å². The van der Waals surface area contributed by atoms with Crippen molar-refractivity contribution in [3.05, 3.63) is 35.4 Å². The Kier molecular flexibility index (Phi) is 6.06. The molecule has 3 N–H and O–H groups in total. The van der Waals surface area contributed by atoms with Crippen molar-refractivity contribution in [1.82, 2.24) is 5.32 Å². The molecule has 0 saturated heterocycles. The summed E-state index contributed by atoms with van der Waals surface area (Å²) in [5.74, 6) is 0.430. The smallest absolute Gasteiger partial charge is 0.223 e. The van der Waals surface area contributed by atoms with Crippen LogP contribution in [0.5, 0.6) is 0 Å². The number of hydrogen-bond donors (Lipinski definition) is 2.